The minimum absolute atomic E-state index is 0.267. The first-order valence-electron chi connectivity index (χ1n) is 8.48. The standard InChI is InChI=1S/C20H15Cl3N2O4S/c1-28-20(27)12-6-7-29-16(12)10-30-17-5-3-2-4-13(17)19(26)25-24-18-14(22)8-11(21)9-15(18)23/h2-9,24H,10H2,1H3,(H,25,26). The second-order valence-electron chi connectivity index (χ2n) is 5.86. The highest BCUT2D eigenvalue weighted by molar-refractivity contribution is 7.98. The van der Waals surface area contributed by atoms with Crippen LogP contribution in [0.1, 0.15) is 26.5 Å². The van der Waals surface area contributed by atoms with Gasteiger partial charge in [0.2, 0.25) is 0 Å². The van der Waals surface area contributed by atoms with Crippen molar-refractivity contribution in [2.45, 2.75) is 10.6 Å². The summed E-state index contributed by atoms with van der Waals surface area (Å²) in [6.45, 7) is 0. The van der Waals surface area contributed by atoms with E-state index in [1.807, 2.05) is 6.07 Å². The number of hydrogen-bond donors (Lipinski definition) is 2. The van der Waals surface area contributed by atoms with Crippen LogP contribution in [0.2, 0.25) is 15.1 Å². The number of benzene rings is 2. The number of anilines is 1. The predicted molar refractivity (Wildman–Crippen MR) is 119 cm³/mol. The number of esters is 1. The molecule has 30 heavy (non-hydrogen) atoms. The van der Waals surface area contributed by atoms with Crippen molar-refractivity contribution >= 4 is 64.1 Å². The van der Waals surface area contributed by atoms with Gasteiger partial charge in [-0.1, -0.05) is 46.9 Å². The number of amides is 1. The average Bonchev–Trinajstić information content (AvgIpc) is 3.19. The molecule has 6 nitrogen and oxygen atoms in total. The maximum absolute atomic E-state index is 12.7. The van der Waals surface area contributed by atoms with Gasteiger partial charge < -0.3 is 9.15 Å². The van der Waals surface area contributed by atoms with E-state index in [1.165, 1.54) is 37.3 Å². The average molecular weight is 486 g/mol. The van der Waals surface area contributed by atoms with Crippen molar-refractivity contribution in [2.75, 3.05) is 12.5 Å². The quantitative estimate of drug-likeness (QED) is 0.240. The Balaban J connectivity index is 1.72. The third-order valence-electron chi connectivity index (χ3n) is 3.95. The molecule has 1 aromatic heterocycles. The van der Waals surface area contributed by atoms with Crippen molar-refractivity contribution in [3.63, 3.8) is 0 Å². The van der Waals surface area contributed by atoms with Crippen LogP contribution in [-0.4, -0.2) is 19.0 Å². The van der Waals surface area contributed by atoms with E-state index in [9.17, 15) is 9.59 Å². The normalized spacial score (nSPS) is 10.5. The number of hydrazine groups is 1. The summed E-state index contributed by atoms with van der Waals surface area (Å²) >= 11 is 19.5. The lowest BCUT2D eigenvalue weighted by Crippen LogP contribution is -2.30. The Morgan fingerprint density at radius 1 is 1.07 bits per heavy atom. The fraction of sp³-hybridized carbons (Fsp3) is 0.100. The zero-order valence-electron chi connectivity index (χ0n) is 15.5. The van der Waals surface area contributed by atoms with Crippen molar-refractivity contribution < 1.29 is 18.7 Å². The molecule has 0 bridgehead atoms. The van der Waals surface area contributed by atoms with Gasteiger partial charge in [0.25, 0.3) is 5.91 Å². The van der Waals surface area contributed by atoms with Crippen LogP contribution in [0.4, 0.5) is 5.69 Å². The van der Waals surface area contributed by atoms with Gasteiger partial charge in [-0.15, -0.1) is 11.8 Å². The molecule has 10 heteroatoms. The number of furan rings is 1. The molecular weight excluding hydrogens is 471 g/mol. The lowest BCUT2D eigenvalue weighted by Gasteiger charge is -2.14. The van der Waals surface area contributed by atoms with Crippen LogP contribution in [-0.2, 0) is 10.5 Å². The number of nitrogens with one attached hydrogen (secondary N) is 2. The third-order valence-corrected chi connectivity index (χ3v) is 5.84. The Kier molecular flexibility index (Phi) is 7.55. The minimum Gasteiger partial charge on any atom is -0.468 e. The monoisotopic (exact) mass is 484 g/mol. The Bertz CT molecular complexity index is 1060. The fourth-order valence-electron chi connectivity index (χ4n) is 2.52. The maximum Gasteiger partial charge on any atom is 0.341 e. The maximum atomic E-state index is 12.7. The van der Waals surface area contributed by atoms with Crippen LogP contribution in [0.3, 0.4) is 0 Å². The van der Waals surface area contributed by atoms with Crippen molar-refractivity contribution in [1.29, 1.82) is 0 Å². The topological polar surface area (TPSA) is 80.6 Å². The zero-order valence-corrected chi connectivity index (χ0v) is 18.6. The lowest BCUT2D eigenvalue weighted by atomic mass is 10.2. The predicted octanol–water partition coefficient (Wildman–Crippen LogP) is 6.08. The number of halogens is 3. The molecule has 0 saturated carbocycles. The summed E-state index contributed by atoms with van der Waals surface area (Å²) in [5.41, 5.74) is 6.40. The molecule has 3 rings (SSSR count). The van der Waals surface area contributed by atoms with Crippen molar-refractivity contribution in [1.82, 2.24) is 5.43 Å². The molecule has 0 saturated heterocycles. The van der Waals surface area contributed by atoms with E-state index < -0.39 is 11.9 Å². The second-order valence-corrected chi connectivity index (χ2v) is 8.13. The highest BCUT2D eigenvalue weighted by Gasteiger charge is 2.18. The smallest absolute Gasteiger partial charge is 0.341 e. The van der Waals surface area contributed by atoms with Crippen LogP contribution in [0.25, 0.3) is 0 Å². The molecule has 3 aromatic rings. The van der Waals surface area contributed by atoms with Gasteiger partial charge >= 0.3 is 5.97 Å². The summed E-state index contributed by atoms with van der Waals surface area (Å²) in [5, 5.41) is 0.917. The van der Waals surface area contributed by atoms with E-state index in [0.29, 0.717) is 38.2 Å². The molecule has 0 aliphatic rings. The Hall–Kier alpha value is -2.32. The molecule has 0 atom stereocenters. The van der Waals surface area contributed by atoms with Crippen LogP contribution in [0.5, 0.6) is 0 Å². The van der Waals surface area contributed by atoms with Gasteiger partial charge in [0, 0.05) is 9.92 Å². The van der Waals surface area contributed by atoms with Crippen LogP contribution in [0.15, 0.2) is 58.0 Å². The van der Waals surface area contributed by atoms with Crippen LogP contribution < -0.4 is 10.9 Å². The van der Waals surface area contributed by atoms with Crippen LogP contribution in [0, 0.1) is 0 Å². The molecule has 156 valence electrons. The Morgan fingerprint density at radius 2 is 1.77 bits per heavy atom. The Labute approximate surface area is 191 Å². The number of carbonyl (C=O) groups excluding carboxylic acids is 2. The molecule has 1 heterocycles. The summed E-state index contributed by atoms with van der Waals surface area (Å²) in [6.07, 6.45) is 1.42. The number of carbonyl (C=O) groups is 2. The van der Waals surface area contributed by atoms with Gasteiger partial charge in [-0.05, 0) is 30.3 Å². The van der Waals surface area contributed by atoms with Crippen molar-refractivity contribution in [3.05, 3.63) is 80.7 Å². The first kappa shape index (κ1) is 22.4. The molecule has 1 amide bonds. The lowest BCUT2D eigenvalue weighted by molar-refractivity contribution is 0.0598. The number of rotatable bonds is 7. The highest BCUT2D eigenvalue weighted by atomic mass is 35.5. The zero-order chi connectivity index (χ0) is 21.7. The van der Waals surface area contributed by atoms with Gasteiger partial charge in [-0.25, -0.2) is 4.79 Å². The van der Waals surface area contributed by atoms with Crippen molar-refractivity contribution in [3.8, 4) is 0 Å². The first-order chi connectivity index (χ1) is 14.4. The van der Waals surface area contributed by atoms with Gasteiger partial charge in [0.05, 0.1) is 40.4 Å². The van der Waals surface area contributed by atoms with Crippen LogP contribution >= 0.6 is 46.6 Å². The second kappa shape index (κ2) is 10.1. The first-order valence-corrected chi connectivity index (χ1v) is 10.6. The minimum atomic E-state index is -0.480. The number of ether oxygens (including phenoxy) is 1. The summed E-state index contributed by atoms with van der Waals surface area (Å²) in [7, 11) is 1.30. The van der Waals surface area contributed by atoms with Gasteiger partial charge in [0.1, 0.15) is 11.3 Å². The van der Waals surface area contributed by atoms with E-state index >= 15 is 0 Å². The largest absolute Gasteiger partial charge is 0.468 e. The molecule has 0 aliphatic heterocycles. The van der Waals surface area contributed by atoms with Crippen molar-refractivity contribution in [2.24, 2.45) is 0 Å². The van der Waals surface area contributed by atoms with E-state index in [2.05, 4.69) is 10.9 Å². The highest BCUT2D eigenvalue weighted by Crippen LogP contribution is 2.33. The molecule has 0 radical (unpaired) electrons. The number of methoxy groups -OCH3 is 1. The van der Waals surface area contributed by atoms with Gasteiger partial charge in [-0.2, -0.15) is 0 Å². The summed E-state index contributed by atoms with van der Waals surface area (Å²) < 4.78 is 10.1. The molecule has 2 aromatic carbocycles. The number of thioether (sulfide) groups is 1. The number of hydrogen-bond acceptors (Lipinski definition) is 6. The molecule has 0 spiro atoms. The Morgan fingerprint density at radius 3 is 2.47 bits per heavy atom. The molecule has 2 N–H and O–H groups in total. The molecular formula is C20H15Cl3N2O4S. The van der Waals surface area contributed by atoms with Gasteiger partial charge in [0.15, 0.2) is 0 Å². The molecule has 0 aliphatic carbocycles. The van der Waals surface area contributed by atoms with E-state index in [0.717, 1.165) is 0 Å². The molecule has 0 unspecified atom stereocenters. The third kappa shape index (κ3) is 5.23. The molecule has 0 fully saturated rings. The fourth-order valence-corrected chi connectivity index (χ4v) is 4.43. The summed E-state index contributed by atoms with van der Waals surface area (Å²) in [5.74, 6) is -0.0803. The van der Waals surface area contributed by atoms with E-state index in [4.69, 9.17) is 44.0 Å². The summed E-state index contributed by atoms with van der Waals surface area (Å²) in [6, 6.07) is 11.6. The SMILES string of the molecule is COC(=O)c1ccoc1CSc1ccccc1C(=O)NNc1c(Cl)cc(Cl)cc1Cl. The van der Waals surface area contributed by atoms with E-state index in [-0.39, 0.29) is 10.0 Å². The van der Waals surface area contributed by atoms with Gasteiger partial charge in [-0.3, -0.25) is 15.6 Å². The summed E-state index contributed by atoms with van der Waals surface area (Å²) in [4.78, 5) is 25.2. The van der Waals surface area contributed by atoms with E-state index in [1.54, 1.807) is 24.3 Å².